The summed E-state index contributed by atoms with van der Waals surface area (Å²) in [6.07, 6.45) is 8.39. The van der Waals surface area contributed by atoms with Gasteiger partial charge in [0.05, 0.1) is 5.69 Å². The number of hydrogen-bond donors (Lipinski definition) is 2. The zero-order valence-electron chi connectivity index (χ0n) is 15.5. The number of ether oxygens (including phenoxy) is 1. The van der Waals surface area contributed by atoms with Gasteiger partial charge in [-0.05, 0) is 60.9 Å². The van der Waals surface area contributed by atoms with Gasteiger partial charge < -0.3 is 20.7 Å². The Morgan fingerprint density at radius 2 is 2.11 bits per heavy atom. The summed E-state index contributed by atoms with van der Waals surface area (Å²) in [6, 6.07) is 14.3. The molecule has 138 valence electrons. The first-order valence-corrected chi connectivity index (χ1v) is 9.24. The molecule has 0 bridgehead atoms. The van der Waals surface area contributed by atoms with Crippen molar-refractivity contribution in [1.82, 2.24) is 4.90 Å². The minimum Gasteiger partial charge on any atom is -0.458 e. The maximum absolute atomic E-state index is 6.21. The van der Waals surface area contributed by atoms with Crippen molar-refractivity contribution in [3.05, 3.63) is 77.6 Å². The van der Waals surface area contributed by atoms with Crippen molar-refractivity contribution in [3.63, 3.8) is 0 Å². The first-order chi connectivity index (χ1) is 13.2. The van der Waals surface area contributed by atoms with Crippen molar-refractivity contribution < 1.29 is 4.74 Å². The zero-order chi connectivity index (χ0) is 18.6. The lowest BCUT2D eigenvalue weighted by Gasteiger charge is -2.28. The predicted molar refractivity (Wildman–Crippen MR) is 110 cm³/mol. The van der Waals surface area contributed by atoms with E-state index in [-0.39, 0.29) is 0 Å². The second-order valence-corrected chi connectivity index (χ2v) is 6.76. The second kappa shape index (κ2) is 7.58. The van der Waals surface area contributed by atoms with E-state index in [2.05, 4.69) is 45.6 Å². The number of aliphatic imine (C=N–C) groups is 1. The molecule has 2 aliphatic rings. The Morgan fingerprint density at radius 1 is 1.19 bits per heavy atom. The predicted octanol–water partition coefficient (Wildman–Crippen LogP) is 4.30. The summed E-state index contributed by atoms with van der Waals surface area (Å²) in [7, 11) is 1.92. The lowest BCUT2D eigenvalue weighted by Crippen LogP contribution is -2.38. The molecule has 0 amide bonds. The Labute approximate surface area is 159 Å². The normalized spacial score (nSPS) is 15.7. The van der Waals surface area contributed by atoms with Crippen molar-refractivity contribution in [1.29, 1.82) is 0 Å². The topological polar surface area (TPSA) is 62.9 Å². The van der Waals surface area contributed by atoms with Crippen LogP contribution in [0, 0.1) is 0 Å². The Balaban J connectivity index is 1.52. The highest BCUT2D eigenvalue weighted by Crippen LogP contribution is 2.31. The number of rotatable bonds is 5. The molecule has 0 aromatic heterocycles. The molecule has 27 heavy (non-hydrogen) atoms. The van der Waals surface area contributed by atoms with Gasteiger partial charge in [0.25, 0.3) is 0 Å². The van der Waals surface area contributed by atoms with Crippen molar-refractivity contribution in [3.8, 4) is 5.75 Å². The van der Waals surface area contributed by atoms with E-state index in [1.165, 1.54) is 5.56 Å². The van der Waals surface area contributed by atoms with Gasteiger partial charge in [-0.2, -0.15) is 0 Å². The summed E-state index contributed by atoms with van der Waals surface area (Å²) in [4.78, 5) is 6.66. The monoisotopic (exact) mass is 360 g/mol. The zero-order valence-corrected chi connectivity index (χ0v) is 15.5. The van der Waals surface area contributed by atoms with Crippen LogP contribution in [0.25, 0.3) is 0 Å². The fraction of sp³-hybridized carbons (Fsp3) is 0.227. The number of allylic oxidation sites excluding steroid dienone is 3. The number of nitrogens with one attached hydrogen (secondary N) is 1. The molecule has 1 aliphatic carbocycles. The van der Waals surface area contributed by atoms with Gasteiger partial charge in [-0.1, -0.05) is 18.2 Å². The Hall–Kier alpha value is -3.21. The highest BCUT2D eigenvalue weighted by Gasteiger charge is 2.19. The van der Waals surface area contributed by atoms with Crippen LogP contribution in [-0.2, 0) is 13.1 Å². The number of anilines is 1. The molecule has 3 N–H and O–H groups in total. The molecule has 1 aliphatic heterocycles. The van der Waals surface area contributed by atoms with E-state index in [4.69, 9.17) is 10.5 Å². The summed E-state index contributed by atoms with van der Waals surface area (Å²) < 4.78 is 6.00. The lowest BCUT2D eigenvalue weighted by molar-refractivity contribution is 0.393. The van der Waals surface area contributed by atoms with E-state index in [9.17, 15) is 0 Å². The Bertz CT molecular complexity index is 930. The van der Waals surface area contributed by atoms with Gasteiger partial charge in [-0.15, -0.1) is 0 Å². The minimum atomic E-state index is 0.545. The quantitative estimate of drug-likeness (QED) is 0.834. The molecule has 4 rings (SSSR count). The number of benzene rings is 2. The average molecular weight is 360 g/mol. The molecule has 0 saturated heterocycles. The molecule has 2 aromatic rings. The molecule has 5 nitrogen and oxygen atoms in total. The van der Waals surface area contributed by atoms with Crippen LogP contribution in [0.1, 0.15) is 24.0 Å². The number of nitrogens with two attached hydrogens (primary N) is 1. The first-order valence-electron chi connectivity index (χ1n) is 9.24. The molecule has 0 saturated carbocycles. The molecular formula is C22H24N4O. The first kappa shape index (κ1) is 17.2. The van der Waals surface area contributed by atoms with Crippen LogP contribution in [0.3, 0.4) is 0 Å². The van der Waals surface area contributed by atoms with Crippen molar-refractivity contribution in [2.24, 2.45) is 10.7 Å². The van der Waals surface area contributed by atoms with Crippen LogP contribution < -0.4 is 15.8 Å². The largest absolute Gasteiger partial charge is 0.458 e. The summed E-state index contributed by atoms with van der Waals surface area (Å²) in [5.41, 5.74) is 10.5. The fourth-order valence-corrected chi connectivity index (χ4v) is 3.33. The molecule has 1 heterocycles. The van der Waals surface area contributed by atoms with E-state index in [0.29, 0.717) is 19.0 Å². The maximum Gasteiger partial charge on any atom is 0.197 e. The van der Waals surface area contributed by atoms with Gasteiger partial charge in [-0.3, -0.25) is 0 Å². The molecule has 0 unspecified atom stereocenters. The van der Waals surface area contributed by atoms with Crippen LogP contribution in [0.5, 0.6) is 5.75 Å². The molecular weight excluding hydrogens is 336 g/mol. The third-order valence-electron chi connectivity index (χ3n) is 4.76. The number of nitrogens with zero attached hydrogens (tertiary/aromatic N) is 2. The average Bonchev–Trinajstić information content (AvgIpc) is 2.70. The van der Waals surface area contributed by atoms with Crippen molar-refractivity contribution in [2.45, 2.75) is 25.9 Å². The highest BCUT2D eigenvalue weighted by molar-refractivity contribution is 5.83. The number of fused-ring (bicyclic) bond motifs is 1. The van der Waals surface area contributed by atoms with E-state index in [0.717, 1.165) is 41.3 Å². The molecule has 0 radical (unpaired) electrons. The van der Waals surface area contributed by atoms with Crippen LogP contribution >= 0.6 is 0 Å². The van der Waals surface area contributed by atoms with Crippen molar-refractivity contribution >= 4 is 17.3 Å². The van der Waals surface area contributed by atoms with Gasteiger partial charge >= 0.3 is 0 Å². The maximum atomic E-state index is 6.21. The molecule has 5 heteroatoms. The molecule has 0 spiro atoms. The Morgan fingerprint density at radius 3 is 2.93 bits per heavy atom. The SMILES string of the molecule is CNc1cccc(CN2Cc3cc(OC4=CCCC=C4)ccc3N=C2N)c1. The lowest BCUT2D eigenvalue weighted by atomic mass is 10.1. The summed E-state index contributed by atoms with van der Waals surface area (Å²) in [5, 5.41) is 3.17. The molecule has 0 atom stereocenters. The summed E-state index contributed by atoms with van der Waals surface area (Å²) in [5.74, 6) is 2.28. The standard InChI is InChI=1S/C22H24N4O/c1-24-18-7-5-6-16(12-18)14-26-15-17-13-20(10-11-21(17)25-22(26)23)27-19-8-3-2-4-9-19/h3,5-13,24H,2,4,14-15H2,1H3,(H2,23,25). The smallest absolute Gasteiger partial charge is 0.197 e. The van der Waals surface area contributed by atoms with E-state index in [1.54, 1.807) is 0 Å². The van der Waals surface area contributed by atoms with E-state index in [1.807, 2.05) is 37.4 Å². The highest BCUT2D eigenvalue weighted by atomic mass is 16.5. The number of hydrogen-bond acceptors (Lipinski definition) is 5. The van der Waals surface area contributed by atoms with Crippen LogP contribution in [0.2, 0.25) is 0 Å². The third-order valence-corrected chi connectivity index (χ3v) is 4.76. The van der Waals surface area contributed by atoms with Crippen LogP contribution in [0.4, 0.5) is 11.4 Å². The van der Waals surface area contributed by atoms with Gasteiger partial charge in [0.2, 0.25) is 0 Å². The van der Waals surface area contributed by atoms with Crippen molar-refractivity contribution in [2.75, 3.05) is 12.4 Å². The molecule has 2 aromatic carbocycles. The second-order valence-electron chi connectivity index (χ2n) is 6.76. The Kier molecular flexibility index (Phi) is 4.83. The number of guanidine groups is 1. The van der Waals surface area contributed by atoms with Gasteiger partial charge in [-0.25, -0.2) is 4.99 Å². The van der Waals surface area contributed by atoms with E-state index < -0.39 is 0 Å². The molecule has 0 fully saturated rings. The fourth-order valence-electron chi connectivity index (χ4n) is 3.33. The minimum absolute atomic E-state index is 0.545. The van der Waals surface area contributed by atoms with E-state index >= 15 is 0 Å². The van der Waals surface area contributed by atoms with Gasteiger partial charge in [0, 0.05) is 31.4 Å². The van der Waals surface area contributed by atoms with Crippen LogP contribution in [0.15, 0.2) is 71.4 Å². The van der Waals surface area contributed by atoms with Gasteiger partial charge in [0.15, 0.2) is 5.96 Å². The van der Waals surface area contributed by atoms with Gasteiger partial charge in [0.1, 0.15) is 11.5 Å². The summed E-state index contributed by atoms with van der Waals surface area (Å²) in [6.45, 7) is 1.42. The summed E-state index contributed by atoms with van der Waals surface area (Å²) >= 11 is 0. The third kappa shape index (κ3) is 3.97. The van der Waals surface area contributed by atoms with Crippen LogP contribution in [-0.4, -0.2) is 17.9 Å².